The first kappa shape index (κ1) is 13.7. The fraction of sp³-hybridized carbons (Fsp3) is 0.357. The summed E-state index contributed by atoms with van der Waals surface area (Å²) in [5.74, 6) is -1.13. The highest BCUT2D eigenvalue weighted by Crippen LogP contribution is 2.24. The Labute approximate surface area is 111 Å². The molecule has 1 atom stereocenters. The average Bonchev–Trinajstić information content (AvgIpc) is 2.77. The summed E-state index contributed by atoms with van der Waals surface area (Å²) in [4.78, 5) is 0. The SMILES string of the molecule is Cc1ccc(F)c(C(N)CCc2ccnn2C)c1F. The molecule has 0 radical (unpaired) electrons. The van der Waals surface area contributed by atoms with Crippen LogP contribution in [-0.4, -0.2) is 9.78 Å². The Morgan fingerprint density at radius 2 is 2.05 bits per heavy atom. The molecule has 1 unspecified atom stereocenters. The van der Waals surface area contributed by atoms with E-state index in [0.29, 0.717) is 18.4 Å². The van der Waals surface area contributed by atoms with Gasteiger partial charge in [0.1, 0.15) is 11.6 Å². The summed E-state index contributed by atoms with van der Waals surface area (Å²) in [6, 6.07) is 3.89. The molecule has 0 saturated heterocycles. The predicted octanol–water partition coefficient (Wildman–Crippen LogP) is 2.64. The first-order chi connectivity index (χ1) is 9.00. The quantitative estimate of drug-likeness (QED) is 0.923. The van der Waals surface area contributed by atoms with Gasteiger partial charge >= 0.3 is 0 Å². The molecule has 19 heavy (non-hydrogen) atoms. The lowest BCUT2D eigenvalue weighted by molar-refractivity contribution is 0.504. The summed E-state index contributed by atoms with van der Waals surface area (Å²) < 4.78 is 29.3. The fourth-order valence-electron chi connectivity index (χ4n) is 2.11. The molecule has 0 bridgehead atoms. The van der Waals surface area contributed by atoms with Gasteiger partial charge in [0.2, 0.25) is 0 Å². The van der Waals surface area contributed by atoms with E-state index in [-0.39, 0.29) is 5.56 Å². The number of aromatic nitrogens is 2. The van der Waals surface area contributed by atoms with Crippen molar-refractivity contribution < 1.29 is 8.78 Å². The van der Waals surface area contributed by atoms with Gasteiger partial charge in [0.15, 0.2) is 0 Å². The van der Waals surface area contributed by atoms with Gasteiger partial charge in [-0.1, -0.05) is 6.07 Å². The van der Waals surface area contributed by atoms with Crippen molar-refractivity contribution in [2.24, 2.45) is 12.8 Å². The first-order valence-corrected chi connectivity index (χ1v) is 6.17. The number of nitrogens with zero attached hydrogens (tertiary/aromatic N) is 2. The van der Waals surface area contributed by atoms with Gasteiger partial charge in [-0.05, 0) is 37.5 Å². The lowest BCUT2D eigenvalue weighted by Gasteiger charge is -2.15. The summed E-state index contributed by atoms with van der Waals surface area (Å²) in [5.41, 5.74) is 7.30. The molecule has 2 rings (SSSR count). The number of rotatable bonds is 4. The molecule has 5 heteroatoms. The lowest BCUT2D eigenvalue weighted by Crippen LogP contribution is -2.16. The molecule has 2 N–H and O–H groups in total. The molecule has 0 aliphatic rings. The van der Waals surface area contributed by atoms with E-state index in [9.17, 15) is 8.78 Å². The van der Waals surface area contributed by atoms with Crippen molar-refractivity contribution >= 4 is 0 Å². The third-order valence-electron chi connectivity index (χ3n) is 3.32. The number of nitrogens with two attached hydrogens (primary N) is 1. The number of hydrogen-bond donors (Lipinski definition) is 1. The van der Waals surface area contributed by atoms with Crippen molar-refractivity contribution in [2.45, 2.75) is 25.8 Å². The first-order valence-electron chi connectivity index (χ1n) is 6.17. The van der Waals surface area contributed by atoms with Gasteiger partial charge in [0, 0.05) is 30.5 Å². The largest absolute Gasteiger partial charge is 0.324 e. The van der Waals surface area contributed by atoms with Gasteiger partial charge in [0.25, 0.3) is 0 Å². The molecule has 0 aliphatic heterocycles. The topological polar surface area (TPSA) is 43.8 Å². The van der Waals surface area contributed by atoms with Crippen LogP contribution in [0.2, 0.25) is 0 Å². The van der Waals surface area contributed by atoms with Crippen molar-refractivity contribution in [3.8, 4) is 0 Å². The van der Waals surface area contributed by atoms with Crippen LogP contribution in [0.3, 0.4) is 0 Å². The monoisotopic (exact) mass is 265 g/mol. The van der Waals surface area contributed by atoms with Crippen LogP contribution < -0.4 is 5.73 Å². The smallest absolute Gasteiger partial charge is 0.133 e. The minimum Gasteiger partial charge on any atom is -0.324 e. The Balaban J connectivity index is 2.14. The van der Waals surface area contributed by atoms with Crippen LogP contribution in [0.15, 0.2) is 24.4 Å². The summed E-state index contributed by atoms with van der Waals surface area (Å²) in [6.07, 6.45) is 2.79. The van der Waals surface area contributed by atoms with Crippen LogP contribution in [0.5, 0.6) is 0 Å². The minimum absolute atomic E-state index is 0.0258. The van der Waals surface area contributed by atoms with Gasteiger partial charge in [-0.15, -0.1) is 0 Å². The van der Waals surface area contributed by atoms with E-state index in [0.717, 1.165) is 5.69 Å². The highest BCUT2D eigenvalue weighted by molar-refractivity contribution is 5.29. The molecule has 102 valence electrons. The van der Waals surface area contributed by atoms with Crippen LogP contribution in [0.4, 0.5) is 8.78 Å². The summed E-state index contributed by atoms with van der Waals surface area (Å²) in [7, 11) is 1.83. The molecule has 0 saturated carbocycles. The molecular weight excluding hydrogens is 248 g/mol. The van der Waals surface area contributed by atoms with Crippen molar-refractivity contribution in [3.05, 3.63) is 52.9 Å². The van der Waals surface area contributed by atoms with Crippen molar-refractivity contribution in [1.82, 2.24) is 9.78 Å². The Hall–Kier alpha value is -1.75. The van der Waals surface area contributed by atoms with E-state index in [1.54, 1.807) is 17.8 Å². The van der Waals surface area contributed by atoms with Gasteiger partial charge in [0.05, 0.1) is 0 Å². The zero-order chi connectivity index (χ0) is 14.0. The van der Waals surface area contributed by atoms with Crippen LogP contribution >= 0.6 is 0 Å². The second kappa shape index (κ2) is 5.48. The molecule has 0 fully saturated rings. The maximum Gasteiger partial charge on any atom is 0.133 e. The van der Waals surface area contributed by atoms with Crippen LogP contribution in [0, 0.1) is 18.6 Å². The second-order valence-electron chi connectivity index (χ2n) is 4.68. The minimum atomic E-state index is -0.658. The van der Waals surface area contributed by atoms with E-state index in [1.165, 1.54) is 12.1 Å². The summed E-state index contributed by atoms with van der Waals surface area (Å²) >= 11 is 0. The molecular formula is C14H17F2N3. The Morgan fingerprint density at radius 3 is 2.68 bits per heavy atom. The molecule has 0 spiro atoms. The third-order valence-corrected chi connectivity index (χ3v) is 3.32. The van der Waals surface area contributed by atoms with Gasteiger partial charge < -0.3 is 5.73 Å². The van der Waals surface area contributed by atoms with Crippen LogP contribution in [0.25, 0.3) is 0 Å². The maximum atomic E-state index is 13.9. The number of aryl methyl sites for hydroxylation is 3. The van der Waals surface area contributed by atoms with Crippen molar-refractivity contribution in [2.75, 3.05) is 0 Å². The molecule has 0 amide bonds. The van der Waals surface area contributed by atoms with Gasteiger partial charge in [-0.3, -0.25) is 4.68 Å². The molecule has 0 aliphatic carbocycles. The van der Waals surface area contributed by atoms with Gasteiger partial charge in [-0.2, -0.15) is 5.10 Å². The molecule has 2 aromatic rings. The average molecular weight is 265 g/mol. The van der Waals surface area contributed by atoms with E-state index in [1.807, 2.05) is 13.1 Å². The summed E-state index contributed by atoms with van der Waals surface area (Å²) in [6.45, 7) is 1.60. The molecule has 1 heterocycles. The lowest BCUT2D eigenvalue weighted by atomic mass is 9.98. The zero-order valence-corrected chi connectivity index (χ0v) is 11.0. The number of hydrogen-bond acceptors (Lipinski definition) is 2. The number of halogens is 2. The Bertz CT molecular complexity index is 578. The molecule has 3 nitrogen and oxygen atoms in total. The zero-order valence-electron chi connectivity index (χ0n) is 11.0. The molecule has 1 aromatic heterocycles. The predicted molar refractivity (Wildman–Crippen MR) is 69.6 cm³/mol. The van der Waals surface area contributed by atoms with Crippen molar-refractivity contribution in [3.63, 3.8) is 0 Å². The van der Waals surface area contributed by atoms with E-state index in [4.69, 9.17) is 5.73 Å². The number of benzene rings is 1. The standard InChI is InChI=1S/C14H17F2N3/c1-9-3-5-11(15)13(14(9)16)12(17)6-4-10-7-8-18-19(10)2/h3,5,7-8,12H,4,6,17H2,1-2H3. The van der Waals surface area contributed by atoms with Gasteiger partial charge in [-0.25, -0.2) is 8.78 Å². The van der Waals surface area contributed by atoms with Crippen LogP contribution in [0.1, 0.15) is 29.3 Å². The van der Waals surface area contributed by atoms with E-state index < -0.39 is 17.7 Å². The van der Waals surface area contributed by atoms with Crippen molar-refractivity contribution in [1.29, 1.82) is 0 Å². The maximum absolute atomic E-state index is 13.9. The fourth-order valence-corrected chi connectivity index (χ4v) is 2.11. The Kier molecular flexibility index (Phi) is 3.95. The second-order valence-corrected chi connectivity index (χ2v) is 4.68. The van der Waals surface area contributed by atoms with E-state index >= 15 is 0 Å². The molecule has 1 aromatic carbocycles. The Morgan fingerprint density at radius 1 is 1.32 bits per heavy atom. The third kappa shape index (κ3) is 2.81. The normalized spacial score (nSPS) is 12.7. The highest BCUT2D eigenvalue weighted by Gasteiger charge is 2.18. The highest BCUT2D eigenvalue weighted by atomic mass is 19.1. The van der Waals surface area contributed by atoms with Crippen LogP contribution in [-0.2, 0) is 13.5 Å². The summed E-state index contributed by atoms with van der Waals surface area (Å²) in [5, 5.41) is 4.04. The van der Waals surface area contributed by atoms with E-state index in [2.05, 4.69) is 5.10 Å².